The first-order valence-corrected chi connectivity index (χ1v) is 7.30. The van der Waals surface area contributed by atoms with E-state index in [1.54, 1.807) is 4.90 Å². The Morgan fingerprint density at radius 2 is 2.10 bits per heavy atom. The molecule has 0 aromatic rings. The maximum atomic E-state index is 12.1. The summed E-state index contributed by atoms with van der Waals surface area (Å²) in [6.07, 6.45) is 2.56. The van der Waals surface area contributed by atoms with Gasteiger partial charge in [-0.3, -0.25) is 9.59 Å². The fourth-order valence-electron chi connectivity index (χ4n) is 2.91. The van der Waals surface area contributed by atoms with Gasteiger partial charge in [0.2, 0.25) is 11.8 Å². The maximum absolute atomic E-state index is 12.1. The summed E-state index contributed by atoms with van der Waals surface area (Å²) in [5.74, 6) is -0.00227. The third kappa shape index (κ3) is 4.09. The van der Waals surface area contributed by atoms with Crippen LogP contribution in [0.15, 0.2) is 0 Å². The topological polar surface area (TPSA) is 61.4 Å². The van der Waals surface area contributed by atoms with Crippen molar-refractivity contribution in [3.63, 3.8) is 0 Å². The minimum Gasteiger partial charge on any atom is -0.355 e. The molecule has 2 aliphatic rings. The summed E-state index contributed by atoms with van der Waals surface area (Å²) in [4.78, 5) is 25.5. The summed E-state index contributed by atoms with van der Waals surface area (Å²) in [7, 11) is 0. The number of piperidine rings is 1. The molecule has 6 heteroatoms. The number of halogens is 1. The lowest BCUT2D eigenvalue weighted by Gasteiger charge is -2.34. The summed E-state index contributed by atoms with van der Waals surface area (Å²) < 4.78 is 0. The number of hydrogen-bond donors (Lipinski definition) is 2. The molecular weight excluding hydrogens is 278 g/mol. The van der Waals surface area contributed by atoms with E-state index in [-0.39, 0.29) is 35.6 Å². The van der Waals surface area contributed by atoms with E-state index in [2.05, 4.69) is 17.6 Å². The molecule has 2 amide bonds. The minimum atomic E-state index is -0.155. The van der Waals surface area contributed by atoms with Gasteiger partial charge in [-0.05, 0) is 38.3 Å². The first-order chi connectivity index (χ1) is 9.04. The molecule has 1 unspecified atom stereocenters. The molecule has 20 heavy (non-hydrogen) atoms. The van der Waals surface area contributed by atoms with Gasteiger partial charge in [0.25, 0.3) is 0 Å². The summed E-state index contributed by atoms with van der Waals surface area (Å²) in [6, 6.07) is 0. The molecule has 0 aromatic carbocycles. The molecule has 2 fully saturated rings. The maximum Gasteiger partial charge on any atom is 0.225 e. The zero-order valence-corrected chi connectivity index (χ0v) is 13.2. The molecule has 2 aliphatic heterocycles. The van der Waals surface area contributed by atoms with Crippen molar-refractivity contribution in [3.05, 3.63) is 0 Å². The molecule has 2 heterocycles. The van der Waals surface area contributed by atoms with Crippen LogP contribution in [0.3, 0.4) is 0 Å². The molecule has 0 bridgehead atoms. The van der Waals surface area contributed by atoms with Crippen LogP contribution in [0.5, 0.6) is 0 Å². The quantitative estimate of drug-likeness (QED) is 0.807. The van der Waals surface area contributed by atoms with E-state index in [0.717, 1.165) is 32.5 Å². The average Bonchev–Trinajstić information content (AvgIpc) is 2.78. The van der Waals surface area contributed by atoms with Crippen molar-refractivity contribution in [2.75, 3.05) is 32.7 Å². The SMILES string of the molecule is CCN1CC(C(=O)NCC2(C)CCNCC2)CC1=O.Cl. The van der Waals surface area contributed by atoms with E-state index in [0.29, 0.717) is 19.5 Å². The fraction of sp³-hybridized carbons (Fsp3) is 0.857. The van der Waals surface area contributed by atoms with Gasteiger partial charge >= 0.3 is 0 Å². The number of likely N-dealkylation sites (tertiary alicyclic amines) is 1. The summed E-state index contributed by atoms with van der Waals surface area (Å²) in [5.41, 5.74) is 0.202. The minimum absolute atomic E-state index is 0. The second kappa shape index (κ2) is 7.27. The van der Waals surface area contributed by atoms with E-state index >= 15 is 0 Å². The van der Waals surface area contributed by atoms with E-state index in [4.69, 9.17) is 0 Å². The Balaban J connectivity index is 0.00000200. The zero-order valence-electron chi connectivity index (χ0n) is 12.4. The predicted octanol–water partition coefficient (Wildman–Crippen LogP) is 0.782. The van der Waals surface area contributed by atoms with Gasteiger partial charge in [-0.25, -0.2) is 0 Å². The Morgan fingerprint density at radius 1 is 1.45 bits per heavy atom. The molecule has 0 aliphatic carbocycles. The number of carbonyl (C=O) groups excluding carboxylic acids is 2. The monoisotopic (exact) mass is 303 g/mol. The molecule has 1 atom stereocenters. The lowest BCUT2D eigenvalue weighted by Crippen LogP contribution is -2.44. The highest BCUT2D eigenvalue weighted by Gasteiger charge is 2.34. The highest BCUT2D eigenvalue weighted by Crippen LogP contribution is 2.27. The van der Waals surface area contributed by atoms with Gasteiger partial charge in [0.1, 0.15) is 0 Å². The van der Waals surface area contributed by atoms with Gasteiger partial charge in [0.05, 0.1) is 5.92 Å². The number of rotatable bonds is 4. The molecule has 2 N–H and O–H groups in total. The second-order valence-corrected chi connectivity index (χ2v) is 6.11. The highest BCUT2D eigenvalue weighted by molar-refractivity contribution is 5.89. The van der Waals surface area contributed by atoms with Crippen molar-refractivity contribution in [2.24, 2.45) is 11.3 Å². The van der Waals surface area contributed by atoms with Crippen LogP contribution in [0.1, 0.15) is 33.1 Å². The van der Waals surface area contributed by atoms with Crippen molar-refractivity contribution >= 4 is 24.2 Å². The molecule has 0 saturated carbocycles. The zero-order chi connectivity index (χ0) is 13.9. The lowest BCUT2D eigenvalue weighted by atomic mass is 9.81. The van der Waals surface area contributed by atoms with Gasteiger partial charge in [-0.15, -0.1) is 12.4 Å². The first-order valence-electron chi connectivity index (χ1n) is 7.30. The average molecular weight is 304 g/mol. The molecule has 0 radical (unpaired) electrons. The predicted molar refractivity (Wildman–Crippen MR) is 80.8 cm³/mol. The smallest absolute Gasteiger partial charge is 0.225 e. The Morgan fingerprint density at radius 3 is 2.65 bits per heavy atom. The standard InChI is InChI=1S/C14H25N3O2.ClH/c1-3-17-9-11(8-12(17)18)13(19)16-10-14(2)4-6-15-7-5-14;/h11,15H,3-10H2,1-2H3,(H,16,19);1H. The highest BCUT2D eigenvalue weighted by atomic mass is 35.5. The summed E-state index contributed by atoms with van der Waals surface area (Å²) in [6.45, 7) is 8.24. The van der Waals surface area contributed by atoms with Crippen LogP contribution in [0.25, 0.3) is 0 Å². The van der Waals surface area contributed by atoms with E-state index < -0.39 is 0 Å². The Bertz CT molecular complexity index is 356. The molecule has 116 valence electrons. The third-order valence-corrected chi connectivity index (χ3v) is 4.47. The second-order valence-electron chi connectivity index (χ2n) is 6.11. The van der Waals surface area contributed by atoms with Crippen LogP contribution < -0.4 is 10.6 Å². The van der Waals surface area contributed by atoms with Crippen molar-refractivity contribution in [3.8, 4) is 0 Å². The number of amides is 2. The van der Waals surface area contributed by atoms with Crippen molar-refractivity contribution in [1.29, 1.82) is 0 Å². The van der Waals surface area contributed by atoms with Crippen LogP contribution in [0, 0.1) is 11.3 Å². The van der Waals surface area contributed by atoms with Crippen molar-refractivity contribution in [1.82, 2.24) is 15.5 Å². The van der Waals surface area contributed by atoms with E-state index in [9.17, 15) is 9.59 Å². The summed E-state index contributed by atoms with van der Waals surface area (Å²) in [5, 5.41) is 6.39. The van der Waals surface area contributed by atoms with Gasteiger partial charge < -0.3 is 15.5 Å². The molecule has 5 nitrogen and oxygen atoms in total. The lowest BCUT2D eigenvalue weighted by molar-refractivity contribution is -0.129. The number of hydrogen-bond acceptors (Lipinski definition) is 3. The molecule has 0 aromatic heterocycles. The summed E-state index contributed by atoms with van der Waals surface area (Å²) >= 11 is 0. The van der Waals surface area contributed by atoms with Gasteiger partial charge in [-0.1, -0.05) is 6.92 Å². The van der Waals surface area contributed by atoms with E-state index in [1.807, 2.05) is 6.92 Å². The van der Waals surface area contributed by atoms with Crippen molar-refractivity contribution in [2.45, 2.75) is 33.1 Å². The first kappa shape index (κ1) is 17.2. The third-order valence-electron chi connectivity index (χ3n) is 4.47. The Hall–Kier alpha value is -0.810. The van der Waals surface area contributed by atoms with Crippen LogP contribution >= 0.6 is 12.4 Å². The number of nitrogens with one attached hydrogen (secondary N) is 2. The molecule has 2 rings (SSSR count). The van der Waals surface area contributed by atoms with Gasteiger partial charge in [0, 0.05) is 26.1 Å². The van der Waals surface area contributed by atoms with Crippen LogP contribution in [0.4, 0.5) is 0 Å². The number of carbonyl (C=O) groups is 2. The Kier molecular flexibility index (Phi) is 6.27. The van der Waals surface area contributed by atoms with Crippen LogP contribution in [-0.4, -0.2) is 49.4 Å². The molecular formula is C14H26ClN3O2. The largest absolute Gasteiger partial charge is 0.355 e. The Labute approximate surface area is 127 Å². The van der Waals surface area contributed by atoms with Crippen LogP contribution in [-0.2, 0) is 9.59 Å². The van der Waals surface area contributed by atoms with Gasteiger partial charge in [0.15, 0.2) is 0 Å². The van der Waals surface area contributed by atoms with Crippen LogP contribution in [0.2, 0.25) is 0 Å². The van der Waals surface area contributed by atoms with E-state index in [1.165, 1.54) is 0 Å². The normalized spacial score (nSPS) is 25.2. The van der Waals surface area contributed by atoms with Crippen molar-refractivity contribution < 1.29 is 9.59 Å². The van der Waals surface area contributed by atoms with Gasteiger partial charge in [-0.2, -0.15) is 0 Å². The number of nitrogens with zero attached hydrogens (tertiary/aromatic N) is 1. The molecule has 0 spiro atoms. The fourth-order valence-corrected chi connectivity index (χ4v) is 2.91. The molecule has 2 saturated heterocycles.